The van der Waals surface area contributed by atoms with Crippen molar-refractivity contribution >= 4 is 23.2 Å². The van der Waals surface area contributed by atoms with E-state index in [4.69, 9.17) is 5.11 Å². The predicted octanol–water partition coefficient (Wildman–Crippen LogP) is 0.981. The van der Waals surface area contributed by atoms with Gasteiger partial charge in [0.05, 0.1) is 17.1 Å². The van der Waals surface area contributed by atoms with Crippen LogP contribution in [0.25, 0.3) is 0 Å². The molecule has 2 N–H and O–H groups in total. The molecule has 5 nitrogen and oxygen atoms in total. The van der Waals surface area contributed by atoms with Crippen molar-refractivity contribution in [2.24, 2.45) is 0 Å². The Labute approximate surface area is 103 Å². The molecular formula is C11H14N2O3S. The molecule has 6 heteroatoms. The van der Waals surface area contributed by atoms with Crippen LogP contribution in [-0.2, 0) is 22.4 Å². The molecule has 2 rings (SSSR count). The number of carboxylic acid groups (broad SMARTS) is 1. The van der Waals surface area contributed by atoms with E-state index in [0.29, 0.717) is 18.5 Å². The van der Waals surface area contributed by atoms with Gasteiger partial charge in [0.2, 0.25) is 5.91 Å². The van der Waals surface area contributed by atoms with Gasteiger partial charge in [-0.05, 0) is 19.3 Å². The Balaban J connectivity index is 1.91. The van der Waals surface area contributed by atoms with E-state index in [2.05, 4.69) is 10.3 Å². The van der Waals surface area contributed by atoms with Gasteiger partial charge >= 0.3 is 5.97 Å². The van der Waals surface area contributed by atoms with Crippen molar-refractivity contribution in [3.63, 3.8) is 0 Å². The monoisotopic (exact) mass is 254 g/mol. The molecule has 0 atom stereocenters. The molecule has 0 spiro atoms. The topological polar surface area (TPSA) is 79.3 Å². The summed E-state index contributed by atoms with van der Waals surface area (Å²) >= 11 is 1.52. The summed E-state index contributed by atoms with van der Waals surface area (Å²) < 4.78 is 0. The van der Waals surface area contributed by atoms with Crippen LogP contribution < -0.4 is 5.32 Å². The lowest BCUT2D eigenvalue weighted by Gasteiger charge is -2.11. The molecule has 1 heterocycles. The predicted molar refractivity (Wildman–Crippen MR) is 62.9 cm³/mol. The third-order valence-corrected chi connectivity index (χ3v) is 3.82. The Kier molecular flexibility index (Phi) is 3.15. The Hall–Kier alpha value is -1.43. The number of aryl methyl sites for hydroxylation is 1. The number of carboxylic acids is 1. The summed E-state index contributed by atoms with van der Waals surface area (Å²) in [5, 5.41) is 14.3. The average Bonchev–Trinajstić information content (AvgIpc) is 2.91. The van der Waals surface area contributed by atoms with Crippen LogP contribution in [-0.4, -0.2) is 27.5 Å². The number of rotatable bonds is 5. The summed E-state index contributed by atoms with van der Waals surface area (Å²) in [5.41, 5.74) is -0.286. The van der Waals surface area contributed by atoms with Gasteiger partial charge in [-0.1, -0.05) is 6.92 Å². The molecule has 0 radical (unpaired) electrons. The lowest BCUT2D eigenvalue weighted by molar-refractivity contribution is -0.143. The molecule has 0 unspecified atom stereocenters. The minimum Gasteiger partial charge on any atom is -0.480 e. The highest BCUT2D eigenvalue weighted by molar-refractivity contribution is 7.09. The van der Waals surface area contributed by atoms with Crippen molar-refractivity contribution in [1.82, 2.24) is 10.3 Å². The van der Waals surface area contributed by atoms with Gasteiger partial charge < -0.3 is 10.4 Å². The van der Waals surface area contributed by atoms with E-state index in [-0.39, 0.29) is 12.3 Å². The van der Waals surface area contributed by atoms with Crippen LogP contribution in [0.1, 0.15) is 30.5 Å². The average molecular weight is 254 g/mol. The number of amides is 1. The molecule has 1 fully saturated rings. The first kappa shape index (κ1) is 12.0. The van der Waals surface area contributed by atoms with E-state index in [1.165, 1.54) is 11.3 Å². The molecule has 1 aromatic heterocycles. The second-order valence-corrected chi connectivity index (χ2v) is 5.14. The molecule has 1 aliphatic rings. The Morgan fingerprint density at radius 3 is 2.76 bits per heavy atom. The largest absolute Gasteiger partial charge is 0.480 e. The van der Waals surface area contributed by atoms with E-state index in [9.17, 15) is 9.59 Å². The first-order valence-corrected chi connectivity index (χ1v) is 6.41. The fraction of sp³-hybridized carbons (Fsp3) is 0.545. The third-order valence-electron chi connectivity index (χ3n) is 2.78. The van der Waals surface area contributed by atoms with Crippen LogP contribution in [0.2, 0.25) is 0 Å². The highest BCUT2D eigenvalue weighted by atomic mass is 32.1. The van der Waals surface area contributed by atoms with Crippen molar-refractivity contribution in [2.75, 3.05) is 0 Å². The molecule has 0 aromatic carbocycles. The SMILES string of the molecule is CCc1nc(CC(=O)NC2(C(=O)O)CC2)cs1. The second-order valence-electron chi connectivity index (χ2n) is 4.20. The van der Waals surface area contributed by atoms with Gasteiger partial charge in [-0.2, -0.15) is 0 Å². The van der Waals surface area contributed by atoms with Crippen LogP contribution in [0, 0.1) is 0 Å². The number of carbonyl (C=O) groups is 2. The van der Waals surface area contributed by atoms with Crippen molar-refractivity contribution in [3.05, 3.63) is 16.1 Å². The number of hydrogen-bond donors (Lipinski definition) is 2. The quantitative estimate of drug-likeness (QED) is 0.821. The highest BCUT2D eigenvalue weighted by Crippen LogP contribution is 2.35. The minimum absolute atomic E-state index is 0.158. The molecule has 92 valence electrons. The van der Waals surface area contributed by atoms with Gasteiger partial charge in [-0.15, -0.1) is 11.3 Å². The van der Waals surface area contributed by atoms with E-state index in [1.54, 1.807) is 0 Å². The zero-order chi connectivity index (χ0) is 12.5. The lowest BCUT2D eigenvalue weighted by atomic mass is 10.2. The van der Waals surface area contributed by atoms with Gasteiger partial charge in [0.15, 0.2) is 0 Å². The van der Waals surface area contributed by atoms with Gasteiger partial charge in [0.1, 0.15) is 5.54 Å². The molecular weight excluding hydrogens is 240 g/mol. The number of nitrogens with zero attached hydrogens (tertiary/aromatic N) is 1. The van der Waals surface area contributed by atoms with E-state index in [0.717, 1.165) is 11.4 Å². The van der Waals surface area contributed by atoms with Gasteiger partial charge in [0.25, 0.3) is 0 Å². The number of carbonyl (C=O) groups excluding carboxylic acids is 1. The smallest absolute Gasteiger partial charge is 0.329 e. The Morgan fingerprint density at radius 2 is 2.29 bits per heavy atom. The summed E-state index contributed by atoms with van der Waals surface area (Å²) in [7, 11) is 0. The lowest BCUT2D eigenvalue weighted by Crippen LogP contribution is -2.43. The molecule has 0 aliphatic heterocycles. The summed E-state index contributed by atoms with van der Waals surface area (Å²) in [6.07, 6.45) is 2.05. The van der Waals surface area contributed by atoms with E-state index in [1.807, 2.05) is 12.3 Å². The zero-order valence-electron chi connectivity index (χ0n) is 9.52. The van der Waals surface area contributed by atoms with Crippen molar-refractivity contribution < 1.29 is 14.7 Å². The van der Waals surface area contributed by atoms with Crippen LogP contribution in [0.4, 0.5) is 0 Å². The van der Waals surface area contributed by atoms with Crippen molar-refractivity contribution in [1.29, 1.82) is 0 Å². The van der Waals surface area contributed by atoms with Crippen LogP contribution >= 0.6 is 11.3 Å². The molecule has 1 saturated carbocycles. The summed E-state index contributed by atoms with van der Waals surface area (Å²) in [6, 6.07) is 0. The second kappa shape index (κ2) is 4.44. The summed E-state index contributed by atoms with van der Waals surface area (Å²) in [4.78, 5) is 26.8. The number of aliphatic carboxylic acids is 1. The fourth-order valence-corrected chi connectivity index (χ4v) is 2.33. The normalized spacial score (nSPS) is 16.5. The number of hydrogen-bond acceptors (Lipinski definition) is 4. The Bertz CT molecular complexity index is 451. The van der Waals surface area contributed by atoms with Crippen LogP contribution in [0.15, 0.2) is 5.38 Å². The standard InChI is InChI=1S/C11H14N2O3S/c1-2-9-12-7(6-17-9)5-8(14)13-11(3-4-11)10(15)16/h6H,2-5H2,1H3,(H,13,14)(H,15,16). The van der Waals surface area contributed by atoms with Crippen molar-refractivity contribution in [2.45, 2.75) is 38.1 Å². The maximum atomic E-state index is 11.7. The first-order chi connectivity index (χ1) is 8.05. The zero-order valence-corrected chi connectivity index (χ0v) is 10.3. The van der Waals surface area contributed by atoms with Gasteiger partial charge in [-0.3, -0.25) is 4.79 Å². The molecule has 1 amide bonds. The van der Waals surface area contributed by atoms with E-state index >= 15 is 0 Å². The molecule has 0 bridgehead atoms. The highest BCUT2D eigenvalue weighted by Gasteiger charge is 2.51. The molecule has 1 aromatic rings. The van der Waals surface area contributed by atoms with Gasteiger partial charge in [0, 0.05) is 5.38 Å². The molecule has 17 heavy (non-hydrogen) atoms. The molecule has 0 saturated heterocycles. The number of nitrogens with one attached hydrogen (secondary N) is 1. The third kappa shape index (κ3) is 2.63. The minimum atomic E-state index is -0.999. The summed E-state index contributed by atoms with van der Waals surface area (Å²) in [5.74, 6) is -1.21. The number of thiazole rings is 1. The first-order valence-electron chi connectivity index (χ1n) is 5.53. The van der Waals surface area contributed by atoms with Crippen LogP contribution in [0.5, 0.6) is 0 Å². The summed E-state index contributed by atoms with van der Waals surface area (Å²) in [6.45, 7) is 2.01. The van der Waals surface area contributed by atoms with Crippen LogP contribution in [0.3, 0.4) is 0 Å². The molecule has 1 aliphatic carbocycles. The Morgan fingerprint density at radius 1 is 1.59 bits per heavy atom. The maximum Gasteiger partial charge on any atom is 0.329 e. The fourth-order valence-electron chi connectivity index (χ4n) is 1.59. The maximum absolute atomic E-state index is 11.7. The van der Waals surface area contributed by atoms with E-state index < -0.39 is 11.5 Å². The van der Waals surface area contributed by atoms with Crippen molar-refractivity contribution in [3.8, 4) is 0 Å². The number of aromatic nitrogens is 1. The van der Waals surface area contributed by atoms with Gasteiger partial charge in [-0.25, -0.2) is 9.78 Å².